The molecule has 3 atom stereocenters. The van der Waals surface area contributed by atoms with Crippen LogP contribution in [0.3, 0.4) is 0 Å². The Morgan fingerprint density at radius 1 is 1.26 bits per heavy atom. The topological polar surface area (TPSA) is 20.3 Å². The van der Waals surface area contributed by atoms with E-state index in [1.165, 1.54) is 24.8 Å². The second-order valence-electron chi connectivity index (χ2n) is 5.95. The second kappa shape index (κ2) is 5.36. The number of piperidine rings is 1. The Morgan fingerprint density at radius 3 is 2.79 bits per heavy atom. The van der Waals surface area contributed by atoms with Gasteiger partial charge in [-0.15, -0.1) is 0 Å². The zero-order valence-corrected chi connectivity index (χ0v) is 11.7. The molecule has 3 unspecified atom stereocenters. The molecule has 0 aromatic heterocycles. The SMILES string of the molecule is CCC1CCCCN1C(=O)C1CC1c1ccccc1. The number of benzene rings is 1. The van der Waals surface area contributed by atoms with E-state index in [1.807, 2.05) is 6.07 Å². The maximum atomic E-state index is 12.6. The maximum absolute atomic E-state index is 12.6. The Kier molecular flexibility index (Phi) is 3.58. The molecule has 1 aromatic carbocycles. The van der Waals surface area contributed by atoms with Crippen molar-refractivity contribution in [3.63, 3.8) is 0 Å². The summed E-state index contributed by atoms with van der Waals surface area (Å²) in [7, 11) is 0. The summed E-state index contributed by atoms with van der Waals surface area (Å²) in [4.78, 5) is 14.8. The lowest BCUT2D eigenvalue weighted by Crippen LogP contribution is -2.44. The maximum Gasteiger partial charge on any atom is 0.226 e. The van der Waals surface area contributed by atoms with E-state index in [2.05, 4.69) is 36.1 Å². The van der Waals surface area contributed by atoms with Gasteiger partial charge in [0.15, 0.2) is 0 Å². The predicted molar refractivity (Wildman–Crippen MR) is 76.9 cm³/mol. The van der Waals surface area contributed by atoms with Crippen molar-refractivity contribution < 1.29 is 4.79 Å². The smallest absolute Gasteiger partial charge is 0.226 e. The van der Waals surface area contributed by atoms with Gasteiger partial charge in [0.05, 0.1) is 0 Å². The fourth-order valence-electron chi connectivity index (χ4n) is 3.46. The Bertz CT molecular complexity index is 442. The van der Waals surface area contributed by atoms with Crippen LogP contribution in [0, 0.1) is 5.92 Å². The van der Waals surface area contributed by atoms with Gasteiger partial charge < -0.3 is 4.90 Å². The first-order valence-electron chi connectivity index (χ1n) is 7.66. The van der Waals surface area contributed by atoms with Crippen LogP contribution in [0.4, 0.5) is 0 Å². The van der Waals surface area contributed by atoms with Gasteiger partial charge in [-0.2, -0.15) is 0 Å². The highest BCUT2D eigenvalue weighted by molar-refractivity contribution is 5.83. The van der Waals surface area contributed by atoms with E-state index in [0.717, 1.165) is 19.4 Å². The fourth-order valence-corrected chi connectivity index (χ4v) is 3.46. The average molecular weight is 257 g/mol. The molecule has 1 aromatic rings. The van der Waals surface area contributed by atoms with Crippen LogP contribution in [-0.2, 0) is 4.79 Å². The molecule has 0 N–H and O–H groups in total. The molecule has 19 heavy (non-hydrogen) atoms. The minimum absolute atomic E-state index is 0.259. The highest BCUT2D eigenvalue weighted by atomic mass is 16.2. The Balaban J connectivity index is 1.66. The third-order valence-electron chi connectivity index (χ3n) is 4.72. The summed E-state index contributed by atoms with van der Waals surface area (Å²) in [5.41, 5.74) is 1.34. The normalized spacial score (nSPS) is 30.2. The van der Waals surface area contributed by atoms with Crippen molar-refractivity contribution in [2.45, 2.75) is 51.0 Å². The van der Waals surface area contributed by atoms with Crippen molar-refractivity contribution >= 4 is 5.91 Å². The number of rotatable bonds is 3. The lowest BCUT2D eigenvalue weighted by Gasteiger charge is -2.35. The van der Waals surface area contributed by atoms with Crippen molar-refractivity contribution in [3.8, 4) is 0 Å². The molecule has 3 rings (SSSR count). The van der Waals surface area contributed by atoms with Gasteiger partial charge in [-0.25, -0.2) is 0 Å². The van der Waals surface area contributed by atoms with Crippen molar-refractivity contribution in [2.75, 3.05) is 6.54 Å². The Morgan fingerprint density at radius 2 is 2.05 bits per heavy atom. The third-order valence-corrected chi connectivity index (χ3v) is 4.72. The van der Waals surface area contributed by atoms with Crippen molar-refractivity contribution in [2.24, 2.45) is 5.92 Å². The number of amides is 1. The van der Waals surface area contributed by atoms with E-state index in [-0.39, 0.29) is 5.92 Å². The van der Waals surface area contributed by atoms with Gasteiger partial charge in [0.1, 0.15) is 0 Å². The molecule has 0 spiro atoms. The lowest BCUT2D eigenvalue weighted by molar-refractivity contribution is -0.136. The zero-order valence-electron chi connectivity index (χ0n) is 11.7. The van der Waals surface area contributed by atoms with Gasteiger partial charge in [0, 0.05) is 18.5 Å². The van der Waals surface area contributed by atoms with Crippen LogP contribution in [0.1, 0.15) is 50.5 Å². The Hall–Kier alpha value is -1.31. The van der Waals surface area contributed by atoms with Crippen LogP contribution in [0.25, 0.3) is 0 Å². The fraction of sp³-hybridized carbons (Fsp3) is 0.588. The molecule has 2 aliphatic rings. The Labute approximate surface area is 115 Å². The summed E-state index contributed by atoms with van der Waals surface area (Å²) < 4.78 is 0. The van der Waals surface area contributed by atoms with Gasteiger partial charge in [-0.05, 0) is 43.6 Å². The predicted octanol–water partition coefficient (Wildman–Crippen LogP) is 3.58. The van der Waals surface area contributed by atoms with Gasteiger partial charge in [0.25, 0.3) is 0 Å². The largest absolute Gasteiger partial charge is 0.339 e. The average Bonchev–Trinajstić information content (AvgIpc) is 3.28. The first kappa shape index (κ1) is 12.7. The summed E-state index contributed by atoms with van der Waals surface area (Å²) in [5, 5.41) is 0. The minimum atomic E-state index is 0.259. The molecule has 2 nitrogen and oxygen atoms in total. The molecule has 1 aliphatic carbocycles. The van der Waals surface area contributed by atoms with E-state index in [1.54, 1.807) is 0 Å². The van der Waals surface area contributed by atoms with E-state index in [9.17, 15) is 4.79 Å². The number of nitrogens with zero attached hydrogens (tertiary/aromatic N) is 1. The quantitative estimate of drug-likeness (QED) is 0.810. The molecule has 2 heteroatoms. The van der Waals surface area contributed by atoms with Crippen LogP contribution in [-0.4, -0.2) is 23.4 Å². The summed E-state index contributed by atoms with van der Waals surface area (Å²) >= 11 is 0. The van der Waals surface area contributed by atoms with Gasteiger partial charge in [-0.1, -0.05) is 37.3 Å². The number of likely N-dealkylation sites (tertiary alicyclic amines) is 1. The zero-order chi connectivity index (χ0) is 13.2. The summed E-state index contributed by atoms with van der Waals surface area (Å²) in [6.07, 6.45) is 5.83. The van der Waals surface area contributed by atoms with Crippen LogP contribution < -0.4 is 0 Å². The molecule has 2 fully saturated rings. The minimum Gasteiger partial charge on any atom is -0.339 e. The first-order valence-corrected chi connectivity index (χ1v) is 7.66. The highest BCUT2D eigenvalue weighted by Crippen LogP contribution is 2.49. The van der Waals surface area contributed by atoms with Crippen LogP contribution >= 0.6 is 0 Å². The summed E-state index contributed by atoms with van der Waals surface area (Å²) in [5.74, 6) is 1.16. The lowest BCUT2D eigenvalue weighted by atomic mass is 9.99. The van der Waals surface area contributed by atoms with E-state index < -0.39 is 0 Å². The molecular formula is C17H23NO. The number of carbonyl (C=O) groups is 1. The van der Waals surface area contributed by atoms with E-state index >= 15 is 0 Å². The number of carbonyl (C=O) groups excluding carboxylic acids is 1. The molecule has 1 amide bonds. The summed E-state index contributed by atoms with van der Waals surface area (Å²) in [6, 6.07) is 11.0. The van der Waals surface area contributed by atoms with Crippen molar-refractivity contribution in [3.05, 3.63) is 35.9 Å². The molecule has 1 saturated carbocycles. The molecule has 1 aliphatic heterocycles. The van der Waals surface area contributed by atoms with Gasteiger partial charge in [-0.3, -0.25) is 4.79 Å². The van der Waals surface area contributed by atoms with Crippen molar-refractivity contribution in [1.82, 2.24) is 4.90 Å². The number of hydrogen-bond acceptors (Lipinski definition) is 1. The molecule has 1 heterocycles. The van der Waals surface area contributed by atoms with E-state index in [0.29, 0.717) is 17.9 Å². The molecule has 102 valence electrons. The number of hydrogen-bond donors (Lipinski definition) is 0. The first-order chi connectivity index (χ1) is 9.31. The van der Waals surface area contributed by atoms with E-state index in [4.69, 9.17) is 0 Å². The van der Waals surface area contributed by atoms with Crippen LogP contribution in [0.2, 0.25) is 0 Å². The molecule has 0 bridgehead atoms. The van der Waals surface area contributed by atoms with Crippen LogP contribution in [0.5, 0.6) is 0 Å². The second-order valence-corrected chi connectivity index (χ2v) is 5.95. The molecular weight excluding hydrogens is 234 g/mol. The third kappa shape index (κ3) is 2.54. The van der Waals surface area contributed by atoms with Gasteiger partial charge in [0.2, 0.25) is 5.91 Å². The van der Waals surface area contributed by atoms with Gasteiger partial charge >= 0.3 is 0 Å². The van der Waals surface area contributed by atoms with Crippen LogP contribution in [0.15, 0.2) is 30.3 Å². The standard InChI is InChI=1S/C17H23NO/c1-2-14-10-6-7-11-18(14)17(19)16-12-15(16)13-8-4-3-5-9-13/h3-5,8-9,14-16H,2,6-7,10-12H2,1H3. The monoisotopic (exact) mass is 257 g/mol. The molecule has 0 radical (unpaired) electrons. The molecule has 1 saturated heterocycles. The highest BCUT2D eigenvalue weighted by Gasteiger charge is 2.46. The van der Waals surface area contributed by atoms with Crippen molar-refractivity contribution in [1.29, 1.82) is 0 Å². The summed E-state index contributed by atoms with van der Waals surface area (Å²) in [6.45, 7) is 3.19.